The van der Waals surface area contributed by atoms with Gasteiger partial charge in [-0.05, 0) is 56.3 Å². The van der Waals surface area contributed by atoms with E-state index in [2.05, 4.69) is 69.2 Å². The largest absolute Gasteiger partial charge is 0.372 e. The van der Waals surface area contributed by atoms with Crippen LogP contribution in [0.25, 0.3) is 0 Å². The molecular weight excluding hydrogens is 444 g/mol. The number of Topliss-reactive ketones (excluding diaryl/α,β-unsaturated/α-hetero) is 1. The van der Waals surface area contributed by atoms with Crippen molar-refractivity contribution in [1.82, 2.24) is 0 Å². The summed E-state index contributed by atoms with van der Waals surface area (Å²) in [7, 11) is 0. The van der Waals surface area contributed by atoms with Gasteiger partial charge in [0.2, 0.25) is 0 Å². The van der Waals surface area contributed by atoms with Crippen LogP contribution in [0, 0.1) is 41.4 Å². The highest BCUT2D eigenvalue weighted by Gasteiger charge is 2.50. The molecule has 0 radical (unpaired) electrons. The Morgan fingerprint density at radius 1 is 0.600 bits per heavy atom. The van der Waals surface area contributed by atoms with Crippen molar-refractivity contribution in [1.29, 1.82) is 0 Å². The predicted octanol–water partition coefficient (Wildman–Crippen LogP) is 5.86. The third kappa shape index (κ3) is 5.82. The van der Waals surface area contributed by atoms with Gasteiger partial charge in [-0.1, -0.05) is 62.3 Å². The average Bonchev–Trinajstić information content (AvgIpc) is 2.83. The van der Waals surface area contributed by atoms with E-state index in [0.717, 1.165) is 12.8 Å². The van der Waals surface area contributed by atoms with Crippen LogP contribution in [0.5, 0.6) is 0 Å². The van der Waals surface area contributed by atoms with Gasteiger partial charge in [-0.2, -0.15) is 0 Å². The third-order valence-corrected chi connectivity index (χ3v) is 9.97. The molecule has 7 unspecified atom stereocenters. The second kappa shape index (κ2) is 11.9. The lowest BCUT2D eigenvalue weighted by Crippen LogP contribution is -2.59. The van der Waals surface area contributed by atoms with E-state index in [-0.39, 0.29) is 60.3 Å². The summed E-state index contributed by atoms with van der Waals surface area (Å²) < 4.78 is 32.4. The summed E-state index contributed by atoms with van der Waals surface area (Å²) in [4.78, 5) is 12.8. The van der Waals surface area contributed by atoms with E-state index >= 15 is 0 Å². The topological polar surface area (TPSA) is 63.2 Å². The highest BCUT2D eigenvalue weighted by Crippen LogP contribution is 2.42. The van der Waals surface area contributed by atoms with Gasteiger partial charge in [0.25, 0.3) is 0 Å². The van der Waals surface area contributed by atoms with Crippen LogP contribution in [0.3, 0.4) is 0 Å². The molecule has 3 heterocycles. The zero-order valence-corrected chi connectivity index (χ0v) is 24.0. The van der Waals surface area contributed by atoms with E-state index in [0.29, 0.717) is 23.7 Å². The lowest BCUT2D eigenvalue weighted by Gasteiger charge is -2.50. The minimum atomic E-state index is -0.673. The first kappa shape index (κ1) is 29.0. The quantitative estimate of drug-likeness (QED) is 0.440. The lowest BCUT2D eigenvalue weighted by atomic mass is 9.78. The van der Waals surface area contributed by atoms with E-state index in [1.807, 2.05) is 0 Å². The molecule has 0 aliphatic carbocycles. The molecule has 3 saturated heterocycles. The minimum absolute atomic E-state index is 0.0259. The zero-order chi connectivity index (χ0) is 26.2. The fraction of sp³-hybridized carbons (Fsp3) is 0.966. The predicted molar refractivity (Wildman–Crippen MR) is 137 cm³/mol. The van der Waals surface area contributed by atoms with E-state index in [1.54, 1.807) is 6.92 Å². The van der Waals surface area contributed by atoms with Crippen molar-refractivity contribution in [2.24, 2.45) is 41.4 Å². The second-order valence-electron chi connectivity index (χ2n) is 12.0. The average molecular weight is 497 g/mol. The van der Waals surface area contributed by atoms with Crippen molar-refractivity contribution in [3.05, 3.63) is 0 Å². The monoisotopic (exact) mass is 496 g/mol. The van der Waals surface area contributed by atoms with Crippen molar-refractivity contribution in [3.63, 3.8) is 0 Å². The van der Waals surface area contributed by atoms with E-state index < -0.39 is 12.4 Å². The zero-order valence-electron chi connectivity index (χ0n) is 24.0. The molecule has 0 aromatic rings. The van der Waals surface area contributed by atoms with Crippen LogP contribution >= 0.6 is 0 Å². The van der Waals surface area contributed by atoms with Crippen LogP contribution in [0.1, 0.15) is 89.0 Å². The highest BCUT2D eigenvalue weighted by molar-refractivity contribution is 5.81. The molecule has 0 spiro atoms. The number of rotatable bonds is 7. The summed E-state index contributed by atoms with van der Waals surface area (Å²) in [6.45, 7) is 23.6. The Morgan fingerprint density at radius 2 is 1.11 bits per heavy atom. The number of hydrogen-bond donors (Lipinski definition) is 0. The molecule has 0 bridgehead atoms. The van der Waals surface area contributed by atoms with E-state index in [1.165, 1.54) is 0 Å². The molecule has 0 N–H and O–H groups in total. The van der Waals surface area contributed by atoms with Crippen LogP contribution in [0.4, 0.5) is 0 Å². The molecular formula is C29H52O6. The molecule has 6 nitrogen and oxygen atoms in total. The van der Waals surface area contributed by atoms with Gasteiger partial charge in [0.05, 0.1) is 30.5 Å². The number of carbonyl (C=O) groups is 1. The first-order chi connectivity index (χ1) is 16.4. The molecule has 204 valence electrons. The summed E-state index contributed by atoms with van der Waals surface area (Å²) in [5, 5.41) is 0. The Kier molecular flexibility index (Phi) is 9.87. The first-order valence-electron chi connectivity index (χ1n) is 14.2. The van der Waals surface area contributed by atoms with E-state index in [9.17, 15) is 4.79 Å². The summed E-state index contributed by atoms with van der Waals surface area (Å²) in [6, 6.07) is 0. The Balaban J connectivity index is 1.77. The van der Waals surface area contributed by atoms with Gasteiger partial charge >= 0.3 is 0 Å². The molecule has 35 heavy (non-hydrogen) atoms. The summed E-state index contributed by atoms with van der Waals surface area (Å²) in [5.41, 5.74) is 0. The Morgan fingerprint density at radius 3 is 1.69 bits per heavy atom. The van der Waals surface area contributed by atoms with Crippen molar-refractivity contribution in [2.45, 2.75) is 138 Å². The maximum atomic E-state index is 12.8. The Hall–Kier alpha value is -0.530. The minimum Gasteiger partial charge on any atom is -0.372 e. The molecule has 3 rings (SSSR count). The normalized spacial score (nSPS) is 51.2. The van der Waals surface area contributed by atoms with Gasteiger partial charge in [-0.3, -0.25) is 4.79 Å². The van der Waals surface area contributed by atoms with Crippen molar-refractivity contribution in [3.8, 4) is 0 Å². The van der Waals surface area contributed by atoms with Crippen LogP contribution in [0.2, 0.25) is 0 Å². The van der Waals surface area contributed by atoms with Gasteiger partial charge in [0, 0.05) is 11.8 Å². The van der Waals surface area contributed by atoms with Crippen LogP contribution < -0.4 is 0 Å². The first-order valence-corrected chi connectivity index (χ1v) is 14.2. The molecule has 0 aromatic carbocycles. The SMILES string of the molecule is CCC1OC(C)[C@@H](C)C(C)[C@@H]1O[C@@H]1OC(C(C)=O)[C@H](O[C@@H]2OC(CC)[C@H](C)[C@H](C)C2C)[C@H](C)C1C. The molecule has 0 saturated carbocycles. The molecule has 15 atom stereocenters. The highest BCUT2D eigenvalue weighted by atomic mass is 16.7. The van der Waals surface area contributed by atoms with Gasteiger partial charge in [-0.25, -0.2) is 0 Å². The molecule has 3 aliphatic heterocycles. The Bertz CT molecular complexity index is 695. The summed E-state index contributed by atoms with van der Waals surface area (Å²) in [5.74, 6) is 2.03. The van der Waals surface area contributed by atoms with Crippen LogP contribution in [-0.2, 0) is 28.5 Å². The van der Waals surface area contributed by atoms with Gasteiger partial charge in [0.1, 0.15) is 6.10 Å². The van der Waals surface area contributed by atoms with Crippen molar-refractivity contribution >= 4 is 5.78 Å². The van der Waals surface area contributed by atoms with Crippen LogP contribution in [-0.4, -0.2) is 55.0 Å². The summed E-state index contributed by atoms with van der Waals surface area (Å²) in [6.07, 6.45) is 0.314. The van der Waals surface area contributed by atoms with Crippen molar-refractivity contribution in [2.75, 3.05) is 0 Å². The van der Waals surface area contributed by atoms with Gasteiger partial charge < -0.3 is 23.7 Å². The summed E-state index contributed by atoms with van der Waals surface area (Å²) >= 11 is 0. The third-order valence-electron chi connectivity index (χ3n) is 9.97. The molecule has 3 aliphatic rings. The number of ether oxygens (including phenoxy) is 5. The molecule has 6 heteroatoms. The number of carbonyl (C=O) groups excluding carboxylic acids is 1. The molecule has 3 fully saturated rings. The lowest BCUT2D eigenvalue weighted by molar-refractivity contribution is -0.333. The van der Waals surface area contributed by atoms with Gasteiger partial charge in [-0.15, -0.1) is 0 Å². The second-order valence-corrected chi connectivity index (χ2v) is 12.0. The molecule has 0 amide bonds. The fourth-order valence-corrected chi connectivity index (χ4v) is 6.35. The van der Waals surface area contributed by atoms with Crippen LogP contribution in [0.15, 0.2) is 0 Å². The van der Waals surface area contributed by atoms with E-state index in [4.69, 9.17) is 23.7 Å². The Labute approximate surface area is 214 Å². The fourth-order valence-electron chi connectivity index (χ4n) is 6.35. The molecule has 0 aromatic heterocycles. The maximum Gasteiger partial charge on any atom is 0.162 e. The number of hydrogen-bond acceptors (Lipinski definition) is 6. The maximum absolute atomic E-state index is 12.8. The van der Waals surface area contributed by atoms with Crippen molar-refractivity contribution < 1.29 is 28.5 Å². The standard InChI is InChI=1S/C29H52O6/c1-12-23-16(5)14(3)19(8)28(32-23)34-26-18(7)20(9)29(35-27(26)21(10)30)33-25-17(6)15(4)22(11)31-24(25)13-2/h14-20,22-29H,12-13H2,1-11H3/t14-,15-,16+,17?,18+,19?,20?,22?,23?,24?,25-,26+,27?,28-,29+/m0/s1. The number of ketones is 1. The smallest absolute Gasteiger partial charge is 0.162 e. The van der Waals surface area contributed by atoms with Gasteiger partial charge in [0.15, 0.2) is 18.4 Å².